The number of piperidine rings is 1. The normalized spacial score (nSPS) is 25.8. The van der Waals surface area contributed by atoms with E-state index in [0.717, 1.165) is 25.5 Å². The molecule has 0 aromatic heterocycles. The highest BCUT2D eigenvalue weighted by atomic mass is 19.2. The molecule has 2 atom stereocenters. The summed E-state index contributed by atoms with van der Waals surface area (Å²) < 4.78 is 39.3. The van der Waals surface area contributed by atoms with Crippen molar-refractivity contribution in [2.45, 2.75) is 25.8 Å². The lowest BCUT2D eigenvalue weighted by atomic mass is 9.92. The molecule has 0 radical (unpaired) electrons. The first-order valence-electron chi connectivity index (χ1n) is 5.46. The van der Waals surface area contributed by atoms with Crippen molar-refractivity contribution in [1.29, 1.82) is 0 Å². The molecule has 1 N–H and O–H groups in total. The van der Waals surface area contributed by atoms with E-state index >= 15 is 0 Å². The second-order valence-electron chi connectivity index (χ2n) is 4.41. The van der Waals surface area contributed by atoms with E-state index in [9.17, 15) is 13.2 Å². The number of rotatable bonds is 1. The fraction of sp³-hybridized carbons (Fsp3) is 0.500. The molecular formula is C12H14F3N. The van der Waals surface area contributed by atoms with Crippen molar-refractivity contribution in [3.8, 4) is 0 Å². The van der Waals surface area contributed by atoms with Crippen molar-refractivity contribution in [2.75, 3.05) is 6.54 Å². The molecule has 16 heavy (non-hydrogen) atoms. The van der Waals surface area contributed by atoms with E-state index in [4.69, 9.17) is 0 Å². The van der Waals surface area contributed by atoms with Gasteiger partial charge >= 0.3 is 0 Å². The molecule has 2 rings (SSSR count). The Morgan fingerprint density at radius 2 is 1.88 bits per heavy atom. The van der Waals surface area contributed by atoms with Gasteiger partial charge in [-0.1, -0.05) is 13.0 Å². The van der Waals surface area contributed by atoms with Gasteiger partial charge in [0, 0.05) is 11.6 Å². The largest absolute Gasteiger partial charge is 0.310 e. The van der Waals surface area contributed by atoms with E-state index in [-0.39, 0.29) is 11.6 Å². The molecule has 88 valence electrons. The highest BCUT2D eigenvalue weighted by Gasteiger charge is 2.24. The third kappa shape index (κ3) is 2.07. The van der Waals surface area contributed by atoms with Crippen LogP contribution in [0, 0.1) is 23.4 Å². The van der Waals surface area contributed by atoms with Crippen LogP contribution in [0.25, 0.3) is 0 Å². The molecule has 1 saturated heterocycles. The van der Waals surface area contributed by atoms with Crippen molar-refractivity contribution < 1.29 is 13.2 Å². The van der Waals surface area contributed by atoms with E-state index in [1.807, 2.05) is 0 Å². The first kappa shape index (κ1) is 11.5. The van der Waals surface area contributed by atoms with Gasteiger partial charge in [0.15, 0.2) is 17.5 Å². The van der Waals surface area contributed by atoms with Gasteiger partial charge in [-0.25, -0.2) is 13.2 Å². The first-order chi connectivity index (χ1) is 7.59. The zero-order chi connectivity index (χ0) is 11.7. The van der Waals surface area contributed by atoms with Gasteiger partial charge in [-0.15, -0.1) is 0 Å². The van der Waals surface area contributed by atoms with Crippen molar-refractivity contribution in [2.24, 2.45) is 5.92 Å². The van der Waals surface area contributed by atoms with Crippen LogP contribution in [0.2, 0.25) is 0 Å². The molecule has 4 heteroatoms. The van der Waals surface area contributed by atoms with Crippen molar-refractivity contribution in [3.05, 3.63) is 35.1 Å². The Balaban J connectivity index is 2.24. The highest BCUT2D eigenvalue weighted by Crippen LogP contribution is 2.28. The summed E-state index contributed by atoms with van der Waals surface area (Å²) >= 11 is 0. The van der Waals surface area contributed by atoms with Gasteiger partial charge in [-0.05, 0) is 31.4 Å². The van der Waals surface area contributed by atoms with E-state index in [1.54, 1.807) is 0 Å². The number of hydrogen-bond acceptors (Lipinski definition) is 1. The van der Waals surface area contributed by atoms with Crippen LogP contribution >= 0.6 is 0 Å². The predicted octanol–water partition coefficient (Wildman–Crippen LogP) is 3.16. The lowest BCUT2D eigenvalue weighted by Gasteiger charge is -2.28. The Bertz CT molecular complexity index is 384. The number of halogens is 3. The molecule has 1 aliphatic heterocycles. The second kappa shape index (κ2) is 4.45. The predicted molar refractivity (Wildman–Crippen MR) is 55.5 cm³/mol. The Morgan fingerprint density at radius 3 is 2.50 bits per heavy atom. The molecule has 1 nitrogen and oxygen atoms in total. The Labute approximate surface area is 92.7 Å². The van der Waals surface area contributed by atoms with Crippen LogP contribution in [0.4, 0.5) is 13.2 Å². The quantitative estimate of drug-likeness (QED) is 0.729. The van der Waals surface area contributed by atoms with Crippen LogP contribution in [0.15, 0.2) is 12.1 Å². The molecule has 0 bridgehead atoms. The summed E-state index contributed by atoms with van der Waals surface area (Å²) in [6, 6.07) is 2.10. The maximum Gasteiger partial charge on any atom is 0.194 e. The summed E-state index contributed by atoms with van der Waals surface area (Å²) in [5, 5.41) is 3.14. The molecule has 2 unspecified atom stereocenters. The number of benzene rings is 1. The summed E-state index contributed by atoms with van der Waals surface area (Å²) in [7, 11) is 0. The molecule has 1 fully saturated rings. The third-order valence-corrected chi connectivity index (χ3v) is 3.10. The molecule has 0 aliphatic carbocycles. The molecule has 0 spiro atoms. The SMILES string of the molecule is CC1CCC(c2ccc(F)c(F)c2F)NC1. The molecule has 0 amide bonds. The van der Waals surface area contributed by atoms with Crippen LogP contribution in [-0.2, 0) is 0 Å². The van der Waals surface area contributed by atoms with Crippen LogP contribution < -0.4 is 5.32 Å². The summed E-state index contributed by atoms with van der Waals surface area (Å²) in [5.41, 5.74) is 0.228. The average molecular weight is 229 g/mol. The van der Waals surface area contributed by atoms with Gasteiger partial charge in [0.1, 0.15) is 0 Å². The third-order valence-electron chi connectivity index (χ3n) is 3.10. The lowest BCUT2D eigenvalue weighted by Crippen LogP contribution is -2.32. The smallest absolute Gasteiger partial charge is 0.194 e. The molecule has 1 aromatic rings. The Morgan fingerprint density at radius 1 is 1.12 bits per heavy atom. The van der Waals surface area contributed by atoms with E-state index in [0.29, 0.717) is 5.92 Å². The van der Waals surface area contributed by atoms with Crippen LogP contribution in [0.3, 0.4) is 0 Å². The minimum absolute atomic E-state index is 0.203. The summed E-state index contributed by atoms with van der Waals surface area (Å²) in [6.45, 7) is 2.88. The maximum atomic E-state index is 13.5. The van der Waals surface area contributed by atoms with Gasteiger partial charge in [0.05, 0.1) is 0 Å². The maximum absolute atomic E-state index is 13.5. The van der Waals surface area contributed by atoms with Crippen LogP contribution in [-0.4, -0.2) is 6.54 Å². The van der Waals surface area contributed by atoms with Gasteiger partial charge in [0.25, 0.3) is 0 Å². The van der Waals surface area contributed by atoms with Gasteiger partial charge in [-0.2, -0.15) is 0 Å². The van der Waals surface area contributed by atoms with E-state index < -0.39 is 17.5 Å². The molecule has 1 heterocycles. The molecule has 0 saturated carbocycles. The van der Waals surface area contributed by atoms with Crippen molar-refractivity contribution in [1.82, 2.24) is 5.32 Å². The number of nitrogens with one attached hydrogen (secondary N) is 1. The Hall–Kier alpha value is -1.03. The fourth-order valence-corrected chi connectivity index (χ4v) is 2.07. The van der Waals surface area contributed by atoms with Gasteiger partial charge < -0.3 is 5.32 Å². The van der Waals surface area contributed by atoms with E-state index in [2.05, 4.69) is 12.2 Å². The zero-order valence-electron chi connectivity index (χ0n) is 9.06. The summed E-state index contributed by atoms with van der Waals surface area (Å²) in [4.78, 5) is 0. The topological polar surface area (TPSA) is 12.0 Å². The van der Waals surface area contributed by atoms with Gasteiger partial charge in [-0.3, -0.25) is 0 Å². The zero-order valence-corrected chi connectivity index (χ0v) is 9.06. The standard InChI is InChI=1S/C12H14F3N/c1-7-2-5-10(16-6-7)8-3-4-9(13)12(15)11(8)14/h3-4,7,10,16H,2,5-6H2,1H3. The molecule has 1 aromatic carbocycles. The highest BCUT2D eigenvalue weighted by molar-refractivity contribution is 5.24. The summed E-state index contributed by atoms with van der Waals surface area (Å²) in [6.07, 6.45) is 1.72. The second-order valence-corrected chi connectivity index (χ2v) is 4.41. The molecular weight excluding hydrogens is 215 g/mol. The number of hydrogen-bond donors (Lipinski definition) is 1. The van der Waals surface area contributed by atoms with Crippen molar-refractivity contribution >= 4 is 0 Å². The Kier molecular flexibility index (Phi) is 3.19. The lowest BCUT2D eigenvalue weighted by molar-refractivity contribution is 0.322. The van der Waals surface area contributed by atoms with Crippen molar-refractivity contribution in [3.63, 3.8) is 0 Å². The minimum atomic E-state index is -1.38. The summed E-state index contributed by atoms with van der Waals surface area (Å²) in [5.74, 6) is -3.03. The van der Waals surface area contributed by atoms with E-state index in [1.165, 1.54) is 6.07 Å². The minimum Gasteiger partial charge on any atom is -0.310 e. The average Bonchev–Trinajstić information content (AvgIpc) is 2.28. The van der Waals surface area contributed by atoms with Crippen LogP contribution in [0.1, 0.15) is 31.4 Å². The fourth-order valence-electron chi connectivity index (χ4n) is 2.07. The monoisotopic (exact) mass is 229 g/mol. The van der Waals surface area contributed by atoms with Crippen LogP contribution in [0.5, 0.6) is 0 Å². The first-order valence-corrected chi connectivity index (χ1v) is 5.46. The van der Waals surface area contributed by atoms with Gasteiger partial charge in [0.2, 0.25) is 0 Å². The molecule has 1 aliphatic rings.